The Morgan fingerprint density at radius 3 is 2.82 bits per heavy atom. The van der Waals surface area contributed by atoms with Gasteiger partial charge in [0, 0.05) is 11.4 Å². The van der Waals surface area contributed by atoms with Gasteiger partial charge in [-0.3, -0.25) is 9.36 Å². The van der Waals surface area contributed by atoms with Gasteiger partial charge in [-0.1, -0.05) is 19.8 Å². The van der Waals surface area contributed by atoms with Crippen molar-refractivity contribution in [3.8, 4) is 0 Å². The lowest BCUT2D eigenvalue weighted by atomic mass is 10.2. The van der Waals surface area contributed by atoms with Crippen molar-refractivity contribution in [3.63, 3.8) is 0 Å². The molecule has 0 aliphatic carbocycles. The first-order valence-electron chi connectivity index (χ1n) is 6.10. The molecule has 0 radical (unpaired) electrons. The molecule has 92 valence electrons. The van der Waals surface area contributed by atoms with Crippen LogP contribution in [0.1, 0.15) is 36.6 Å². The number of fused-ring (bicyclic) bond motifs is 1. The Morgan fingerprint density at radius 2 is 2.12 bits per heavy atom. The second-order valence-electron chi connectivity index (χ2n) is 4.41. The van der Waals surface area contributed by atoms with Gasteiger partial charge in [0.25, 0.3) is 5.56 Å². The lowest BCUT2D eigenvalue weighted by Crippen LogP contribution is -2.20. The molecule has 0 N–H and O–H groups in total. The lowest BCUT2D eigenvalue weighted by molar-refractivity contribution is 0.584. The summed E-state index contributed by atoms with van der Waals surface area (Å²) in [5.41, 5.74) is 1.21. The van der Waals surface area contributed by atoms with Gasteiger partial charge in [-0.2, -0.15) is 0 Å². The highest BCUT2D eigenvalue weighted by Gasteiger charge is 2.11. The number of hydrogen-bond acceptors (Lipinski definition) is 3. The minimum atomic E-state index is 0.118. The van der Waals surface area contributed by atoms with E-state index >= 15 is 0 Å². The Balaban J connectivity index is 2.43. The summed E-state index contributed by atoms with van der Waals surface area (Å²) in [5.74, 6) is 0. The van der Waals surface area contributed by atoms with Gasteiger partial charge in [0.2, 0.25) is 0 Å². The summed E-state index contributed by atoms with van der Waals surface area (Å²) in [6, 6.07) is 0. The molecule has 0 fully saturated rings. The summed E-state index contributed by atoms with van der Waals surface area (Å²) in [5, 5.41) is 0.812. The van der Waals surface area contributed by atoms with E-state index in [0.717, 1.165) is 35.2 Å². The fraction of sp³-hybridized carbons (Fsp3) is 0.538. The molecule has 2 rings (SSSR count). The third-order valence-corrected chi connectivity index (χ3v) is 4.27. The van der Waals surface area contributed by atoms with Gasteiger partial charge in [0.15, 0.2) is 0 Å². The largest absolute Gasteiger partial charge is 0.299 e. The summed E-state index contributed by atoms with van der Waals surface area (Å²) in [6.45, 7) is 7.00. The molecule has 2 aromatic heterocycles. The summed E-state index contributed by atoms with van der Waals surface area (Å²) >= 11 is 1.61. The van der Waals surface area contributed by atoms with Crippen molar-refractivity contribution < 1.29 is 0 Å². The topological polar surface area (TPSA) is 34.9 Å². The second-order valence-corrected chi connectivity index (χ2v) is 5.62. The number of aryl methyl sites for hydroxylation is 3. The van der Waals surface area contributed by atoms with E-state index in [1.165, 1.54) is 11.3 Å². The van der Waals surface area contributed by atoms with E-state index in [1.54, 1.807) is 22.2 Å². The summed E-state index contributed by atoms with van der Waals surface area (Å²) < 4.78 is 1.75. The molecule has 2 heterocycles. The van der Waals surface area contributed by atoms with E-state index in [-0.39, 0.29) is 5.56 Å². The van der Waals surface area contributed by atoms with Crippen LogP contribution in [-0.4, -0.2) is 9.55 Å². The molecule has 0 spiro atoms. The maximum atomic E-state index is 12.3. The fourth-order valence-corrected chi connectivity index (χ4v) is 2.95. The predicted octanol–water partition coefficient (Wildman–Crippen LogP) is 3.27. The van der Waals surface area contributed by atoms with Crippen LogP contribution in [0.15, 0.2) is 11.1 Å². The molecule has 4 heteroatoms. The zero-order chi connectivity index (χ0) is 12.4. The molecular formula is C13H18N2OS. The van der Waals surface area contributed by atoms with Gasteiger partial charge in [-0.15, -0.1) is 11.3 Å². The third kappa shape index (κ3) is 2.27. The van der Waals surface area contributed by atoms with Gasteiger partial charge < -0.3 is 0 Å². The van der Waals surface area contributed by atoms with Crippen LogP contribution >= 0.6 is 11.3 Å². The van der Waals surface area contributed by atoms with Gasteiger partial charge in [0.05, 0.1) is 11.7 Å². The van der Waals surface area contributed by atoms with Crippen molar-refractivity contribution in [3.05, 3.63) is 27.1 Å². The van der Waals surface area contributed by atoms with Crippen LogP contribution in [0.4, 0.5) is 0 Å². The van der Waals surface area contributed by atoms with Crippen LogP contribution in [0.25, 0.3) is 10.2 Å². The first-order chi connectivity index (χ1) is 8.15. The zero-order valence-electron chi connectivity index (χ0n) is 10.6. The molecule has 0 aliphatic rings. The van der Waals surface area contributed by atoms with Crippen molar-refractivity contribution in [2.24, 2.45) is 0 Å². The van der Waals surface area contributed by atoms with E-state index in [2.05, 4.69) is 11.9 Å². The highest BCUT2D eigenvalue weighted by Crippen LogP contribution is 2.25. The number of rotatable bonds is 4. The quantitative estimate of drug-likeness (QED) is 0.781. The highest BCUT2D eigenvalue weighted by molar-refractivity contribution is 7.18. The molecule has 17 heavy (non-hydrogen) atoms. The van der Waals surface area contributed by atoms with Gasteiger partial charge in [-0.25, -0.2) is 4.98 Å². The lowest BCUT2D eigenvalue weighted by Gasteiger charge is -2.04. The smallest absolute Gasteiger partial charge is 0.262 e. The summed E-state index contributed by atoms with van der Waals surface area (Å²) in [7, 11) is 0. The Morgan fingerprint density at radius 1 is 1.35 bits per heavy atom. The van der Waals surface area contributed by atoms with Crippen molar-refractivity contribution in [1.29, 1.82) is 0 Å². The van der Waals surface area contributed by atoms with Crippen molar-refractivity contribution >= 4 is 21.6 Å². The number of unbranched alkanes of at least 4 members (excludes halogenated alkanes) is 2. The first kappa shape index (κ1) is 12.3. The Kier molecular flexibility index (Phi) is 3.62. The van der Waals surface area contributed by atoms with E-state index < -0.39 is 0 Å². The van der Waals surface area contributed by atoms with Crippen LogP contribution < -0.4 is 5.56 Å². The average Bonchev–Trinajstić information content (AvgIpc) is 2.59. The summed E-state index contributed by atoms with van der Waals surface area (Å²) in [4.78, 5) is 18.7. The van der Waals surface area contributed by atoms with E-state index in [4.69, 9.17) is 0 Å². The predicted molar refractivity (Wildman–Crippen MR) is 72.9 cm³/mol. The second kappa shape index (κ2) is 5.00. The number of aromatic nitrogens is 2. The fourth-order valence-electron chi connectivity index (χ4n) is 1.96. The van der Waals surface area contributed by atoms with E-state index in [0.29, 0.717) is 0 Å². The first-order valence-corrected chi connectivity index (χ1v) is 6.92. The number of hydrogen-bond donors (Lipinski definition) is 0. The standard InChI is InChI=1S/C13H18N2OS/c1-4-5-6-7-15-8-14-12-11(13(15)16)9(2)10(3)17-12/h8H,4-7H2,1-3H3. The van der Waals surface area contributed by atoms with Crippen LogP contribution in [0.2, 0.25) is 0 Å². The van der Waals surface area contributed by atoms with Gasteiger partial charge in [0.1, 0.15) is 4.83 Å². The molecule has 0 aliphatic heterocycles. The van der Waals surface area contributed by atoms with Gasteiger partial charge >= 0.3 is 0 Å². The molecule has 0 bridgehead atoms. The van der Waals surface area contributed by atoms with E-state index in [9.17, 15) is 4.79 Å². The molecule has 0 unspecified atom stereocenters. The van der Waals surface area contributed by atoms with Crippen LogP contribution in [0.5, 0.6) is 0 Å². The van der Waals surface area contributed by atoms with Crippen LogP contribution in [0.3, 0.4) is 0 Å². The monoisotopic (exact) mass is 250 g/mol. The molecule has 0 amide bonds. The van der Waals surface area contributed by atoms with Crippen LogP contribution in [-0.2, 0) is 6.54 Å². The molecule has 0 saturated carbocycles. The molecule has 3 nitrogen and oxygen atoms in total. The number of nitrogens with zero attached hydrogens (tertiary/aromatic N) is 2. The summed E-state index contributed by atoms with van der Waals surface area (Å²) in [6.07, 6.45) is 5.06. The Hall–Kier alpha value is -1.16. The molecule has 0 atom stereocenters. The Labute approximate surface area is 105 Å². The maximum Gasteiger partial charge on any atom is 0.262 e. The van der Waals surface area contributed by atoms with E-state index in [1.807, 2.05) is 13.8 Å². The van der Waals surface area contributed by atoms with Crippen LogP contribution in [0, 0.1) is 13.8 Å². The minimum Gasteiger partial charge on any atom is -0.299 e. The molecule has 2 aromatic rings. The van der Waals surface area contributed by atoms with Crippen molar-refractivity contribution in [2.75, 3.05) is 0 Å². The normalized spacial score (nSPS) is 11.2. The molecule has 0 saturated heterocycles. The number of thiophene rings is 1. The average molecular weight is 250 g/mol. The maximum absolute atomic E-state index is 12.3. The Bertz CT molecular complexity index is 583. The third-order valence-electron chi connectivity index (χ3n) is 3.16. The highest BCUT2D eigenvalue weighted by atomic mass is 32.1. The van der Waals surface area contributed by atoms with Crippen molar-refractivity contribution in [1.82, 2.24) is 9.55 Å². The SMILES string of the molecule is CCCCCn1cnc2sc(C)c(C)c2c1=O. The molecule has 0 aromatic carbocycles. The van der Waals surface area contributed by atoms with Crippen molar-refractivity contribution in [2.45, 2.75) is 46.6 Å². The molecular weight excluding hydrogens is 232 g/mol. The minimum absolute atomic E-state index is 0.118. The zero-order valence-corrected chi connectivity index (χ0v) is 11.4. The van der Waals surface area contributed by atoms with Gasteiger partial charge in [-0.05, 0) is 25.8 Å².